The average molecular weight is 481 g/mol. The van der Waals surface area contributed by atoms with Gasteiger partial charge in [-0.3, -0.25) is 0 Å². The summed E-state index contributed by atoms with van der Waals surface area (Å²) >= 11 is 8.81. The second-order valence-corrected chi connectivity index (χ2v) is 10.8. The molecule has 0 aliphatic rings. The minimum atomic E-state index is -3.94. The fourth-order valence-electron chi connectivity index (χ4n) is 3.66. The third kappa shape index (κ3) is 3.20. The topological polar surface area (TPSA) is 43.4 Å². The lowest BCUT2D eigenvalue weighted by atomic mass is 10.0. The van der Waals surface area contributed by atoms with Crippen molar-refractivity contribution in [3.8, 4) is 21.7 Å². The number of thiophene rings is 2. The van der Waals surface area contributed by atoms with Crippen molar-refractivity contribution in [3.05, 3.63) is 93.9 Å². The van der Waals surface area contributed by atoms with Crippen molar-refractivity contribution in [2.75, 3.05) is 0 Å². The Labute approximate surface area is 192 Å². The highest BCUT2D eigenvalue weighted by Gasteiger charge is 2.29. The molecular weight excluding hydrogens is 468 g/mol. The zero-order valence-electron chi connectivity index (χ0n) is 15.8. The first-order valence-corrected chi connectivity index (χ1v) is 12.7. The van der Waals surface area contributed by atoms with Crippen LogP contribution in [-0.2, 0) is 10.0 Å². The van der Waals surface area contributed by atoms with Gasteiger partial charge in [-0.1, -0.05) is 41.9 Å². The molecule has 0 bridgehead atoms. The molecule has 0 saturated carbocycles. The number of nitrogens with zero attached hydrogens (tertiary/aromatic N) is 2. The minimum absolute atomic E-state index is 0.151. The van der Waals surface area contributed by atoms with E-state index in [1.165, 1.54) is 38.8 Å². The van der Waals surface area contributed by atoms with Gasteiger partial charge in [0.15, 0.2) is 0 Å². The summed E-state index contributed by atoms with van der Waals surface area (Å²) in [5.41, 5.74) is 2.62. The maximum atomic E-state index is 13.9. The predicted octanol–water partition coefficient (Wildman–Crippen LogP) is 7.54. The molecule has 5 aromatic rings. The van der Waals surface area contributed by atoms with E-state index in [0.29, 0.717) is 21.2 Å². The molecule has 2 aromatic carbocycles. The largest absolute Gasteiger partial charge is 0.268 e. The standard InChI is InChI=1S/C23H13ClN2O2S3/c1-25-23-18(12-14-30-23)21-17-5-2-3-6-19(17)26(22(21)20-7-4-13-29-20)31(27,28)16-10-8-15(24)9-11-16/h2-14H. The molecule has 3 heterocycles. The predicted molar refractivity (Wildman–Crippen MR) is 129 cm³/mol. The van der Waals surface area contributed by atoms with E-state index in [0.717, 1.165) is 21.4 Å². The van der Waals surface area contributed by atoms with Gasteiger partial charge in [0.05, 0.1) is 27.6 Å². The van der Waals surface area contributed by atoms with Gasteiger partial charge in [-0.15, -0.1) is 11.3 Å². The molecule has 0 fully saturated rings. The highest BCUT2D eigenvalue weighted by molar-refractivity contribution is 7.90. The van der Waals surface area contributed by atoms with Gasteiger partial charge in [-0.2, -0.15) is 11.3 Å². The Balaban J connectivity index is 1.96. The van der Waals surface area contributed by atoms with E-state index in [1.807, 2.05) is 47.2 Å². The van der Waals surface area contributed by atoms with Gasteiger partial charge >= 0.3 is 0 Å². The molecule has 5 rings (SSSR count). The molecule has 0 atom stereocenters. The van der Waals surface area contributed by atoms with Gasteiger partial charge in [0, 0.05) is 21.5 Å². The quantitative estimate of drug-likeness (QED) is 0.249. The third-order valence-electron chi connectivity index (χ3n) is 4.95. The van der Waals surface area contributed by atoms with Crippen molar-refractivity contribution in [2.24, 2.45) is 0 Å². The summed E-state index contributed by atoms with van der Waals surface area (Å²) < 4.78 is 29.2. The van der Waals surface area contributed by atoms with Crippen molar-refractivity contribution in [1.29, 1.82) is 0 Å². The molecule has 4 nitrogen and oxygen atoms in total. The molecule has 8 heteroatoms. The normalized spacial score (nSPS) is 11.6. The molecule has 31 heavy (non-hydrogen) atoms. The number of rotatable bonds is 4. The minimum Gasteiger partial charge on any atom is -0.232 e. The fourth-order valence-corrected chi connectivity index (χ4v) is 6.83. The number of halogens is 1. The van der Waals surface area contributed by atoms with E-state index in [-0.39, 0.29) is 4.90 Å². The summed E-state index contributed by atoms with van der Waals surface area (Å²) in [6.45, 7) is 7.59. The second-order valence-electron chi connectivity index (χ2n) is 6.69. The van der Waals surface area contributed by atoms with E-state index < -0.39 is 10.0 Å². The number of hydrogen-bond donors (Lipinski definition) is 0. The molecule has 0 aliphatic heterocycles. The van der Waals surface area contributed by atoms with Crippen LogP contribution in [0, 0.1) is 6.57 Å². The summed E-state index contributed by atoms with van der Waals surface area (Å²) in [4.78, 5) is 4.64. The van der Waals surface area contributed by atoms with Crippen LogP contribution in [0.5, 0.6) is 0 Å². The van der Waals surface area contributed by atoms with E-state index >= 15 is 0 Å². The van der Waals surface area contributed by atoms with Gasteiger partial charge < -0.3 is 0 Å². The van der Waals surface area contributed by atoms with Crippen molar-refractivity contribution >= 4 is 60.2 Å². The lowest BCUT2D eigenvalue weighted by Gasteiger charge is -2.12. The molecule has 0 aliphatic carbocycles. The van der Waals surface area contributed by atoms with Crippen LogP contribution in [0.15, 0.2) is 82.4 Å². The van der Waals surface area contributed by atoms with Crippen LogP contribution in [-0.4, -0.2) is 12.4 Å². The number of benzene rings is 2. The van der Waals surface area contributed by atoms with Crippen LogP contribution in [0.3, 0.4) is 0 Å². The lowest BCUT2D eigenvalue weighted by molar-refractivity contribution is 0.589. The van der Waals surface area contributed by atoms with Crippen molar-refractivity contribution in [1.82, 2.24) is 3.97 Å². The number of hydrogen-bond acceptors (Lipinski definition) is 4. The summed E-state index contributed by atoms with van der Waals surface area (Å²) in [5, 5.41) is 5.56. The Bertz CT molecular complexity index is 1560. The van der Waals surface area contributed by atoms with Crippen molar-refractivity contribution < 1.29 is 8.42 Å². The van der Waals surface area contributed by atoms with Crippen LogP contribution >= 0.6 is 34.3 Å². The molecule has 0 N–H and O–H groups in total. The van der Waals surface area contributed by atoms with Crippen LogP contribution in [0.25, 0.3) is 37.4 Å². The Morgan fingerprint density at radius 1 is 0.903 bits per heavy atom. The molecule has 152 valence electrons. The maximum absolute atomic E-state index is 13.9. The highest BCUT2D eigenvalue weighted by atomic mass is 35.5. The zero-order valence-corrected chi connectivity index (χ0v) is 19.0. The molecular formula is C23H13ClN2O2S3. The van der Waals surface area contributed by atoms with Crippen LogP contribution in [0.2, 0.25) is 5.02 Å². The Kier molecular flexibility index (Phi) is 4.95. The van der Waals surface area contributed by atoms with Crippen molar-refractivity contribution in [3.63, 3.8) is 0 Å². The Hall–Kier alpha value is -2.89. The molecule has 0 saturated heterocycles. The monoisotopic (exact) mass is 480 g/mol. The van der Waals surface area contributed by atoms with Gasteiger partial charge in [0.2, 0.25) is 5.00 Å². The fraction of sp³-hybridized carbons (Fsp3) is 0. The lowest BCUT2D eigenvalue weighted by Crippen LogP contribution is -2.14. The van der Waals surface area contributed by atoms with Gasteiger partial charge in [-0.05, 0) is 47.2 Å². The second kappa shape index (κ2) is 7.66. The number of aromatic nitrogens is 1. The van der Waals surface area contributed by atoms with Crippen LogP contribution in [0.1, 0.15) is 0 Å². The third-order valence-corrected chi connectivity index (χ3v) is 8.62. The van der Waals surface area contributed by atoms with E-state index in [9.17, 15) is 8.42 Å². The van der Waals surface area contributed by atoms with E-state index in [2.05, 4.69) is 4.85 Å². The molecule has 0 radical (unpaired) electrons. The summed E-state index contributed by atoms with van der Waals surface area (Å²) in [6.07, 6.45) is 0. The highest BCUT2D eigenvalue weighted by Crippen LogP contribution is 2.48. The smallest absolute Gasteiger partial charge is 0.232 e. The first-order valence-electron chi connectivity index (χ1n) is 9.16. The Morgan fingerprint density at radius 3 is 2.39 bits per heavy atom. The summed E-state index contributed by atoms with van der Waals surface area (Å²) in [6, 6.07) is 19.3. The van der Waals surface area contributed by atoms with E-state index in [4.69, 9.17) is 18.2 Å². The van der Waals surface area contributed by atoms with E-state index in [1.54, 1.807) is 18.2 Å². The molecule has 3 aromatic heterocycles. The molecule has 0 unspecified atom stereocenters. The van der Waals surface area contributed by atoms with Crippen LogP contribution < -0.4 is 0 Å². The summed E-state index contributed by atoms with van der Waals surface area (Å²) in [7, 11) is -3.94. The number of para-hydroxylation sites is 1. The zero-order chi connectivity index (χ0) is 21.6. The molecule has 0 amide bonds. The Morgan fingerprint density at radius 2 is 1.68 bits per heavy atom. The SMILES string of the molecule is [C-]#[N+]c1sccc1-c1c(-c2cccs2)n(S(=O)(=O)c2ccc(Cl)cc2)c2ccccc12. The molecule has 0 spiro atoms. The maximum Gasteiger partial charge on any atom is 0.268 e. The van der Waals surface area contributed by atoms with Gasteiger partial charge in [0.25, 0.3) is 10.0 Å². The number of fused-ring (bicyclic) bond motifs is 1. The van der Waals surface area contributed by atoms with Crippen LogP contribution in [0.4, 0.5) is 5.00 Å². The van der Waals surface area contributed by atoms with Gasteiger partial charge in [-0.25, -0.2) is 17.2 Å². The average Bonchev–Trinajstić information content (AvgIpc) is 3.51. The first kappa shape index (κ1) is 20.0. The summed E-state index contributed by atoms with van der Waals surface area (Å²) in [5.74, 6) is 0. The van der Waals surface area contributed by atoms with Gasteiger partial charge in [0.1, 0.15) is 0 Å². The first-order chi connectivity index (χ1) is 15.0. The van der Waals surface area contributed by atoms with Crippen molar-refractivity contribution in [2.45, 2.75) is 4.90 Å².